The maximum atomic E-state index is 13.3. The summed E-state index contributed by atoms with van der Waals surface area (Å²) in [5.41, 5.74) is 1.31. The summed E-state index contributed by atoms with van der Waals surface area (Å²) >= 11 is 0. The first-order valence-electron chi connectivity index (χ1n) is 9.30. The molecule has 0 N–H and O–H groups in total. The van der Waals surface area contributed by atoms with Crippen LogP contribution in [0.15, 0.2) is 48.7 Å². The number of ether oxygens (including phenoxy) is 2. The number of likely N-dealkylation sites (tertiary alicyclic amines) is 1. The zero-order chi connectivity index (χ0) is 18.7. The number of hydrogen-bond donors (Lipinski definition) is 0. The van der Waals surface area contributed by atoms with E-state index < -0.39 is 0 Å². The number of amides is 1. The molecular weight excluding hydrogens is 347 g/mol. The summed E-state index contributed by atoms with van der Waals surface area (Å²) in [5.74, 6) is -0.310. The number of hydrogen-bond acceptors (Lipinski definition) is 4. The van der Waals surface area contributed by atoms with Gasteiger partial charge in [-0.1, -0.05) is 18.2 Å². The van der Waals surface area contributed by atoms with Crippen LogP contribution in [0.1, 0.15) is 24.1 Å². The van der Waals surface area contributed by atoms with Crippen molar-refractivity contribution in [2.75, 3.05) is 19.7 Å². The van der Waals surface area contributed by atoms with Crippen molar-refractivity contribution in [1.82, 2.24) is 9.88 Å². The summed E-state index contributed by atoms with van der Waals surface area (Å²) in [7, 11) is 0. The number of nitrogens with zero attached hydrogens (tertiary/aromatic N) is 2. The number of carbonyl (C=O) groups is 1. The maximum absolute atomic E-state index is 13.3. The minimum atomic E-state index is -0.316. The van der Waals surface area contributed by atoms with Crippen LogP contribution in [0.25, 0.3) is 0 Å². The molecule has 3 heterocycles. The number of aromatic nitrogens is 1. The molecule has 0 aliphatic carbocycles. The van der Waals surface area contributed by atoms with Crippen molar-refractivity contribution < 1.29 is 18.7 Å². The van der Waals surface area contributed by atoms with Crippen LogP contribution >= 0.6 is 0 Å². The molecule has 2 saturated heterocycles. The fourth-order valence-corrected chi connectivity index (χ4v) is 3.79. The van der Waals surface area contributed by atoms with Crippen LogP contribution in [-0.2, 0) is 27.3 Å². The van der Waals surface area contributed by atoms with Gasteiger partial charge in [0.15, 0.2) is 0 Å². The van der Waals surface area contributed by atoms with Gasteiger partial charge in [-0.05, 0) is 36.2 Å². The lowest BCUT2D eigenvalue weighted by molar-refractivity contribution is -0.202. The molecule has 0 radical (unpaired) electrons. The van der Waals surface area contributed by atoms with Gasteiger partial charge in [0, 0.05) is 19.2 Å². The van der Waals surface area contributed by atoms with E-state index in [0.717, 1.165) is 18.5 Å². The van der Waals surface area contributed by atoms with Gasteiger partial charge in [0.05, 0.1) is 37.9 Å². The molecule has 1 spiro atoms. The third kappa shape index (κ3) is 4.34. The second kappa shape index (κ2) is 7.74. The predicted molar refractivity (Wildman–Crippen MR) is 97.4 cm³/mol. The highest BCUT2D eigenvalue weighted by atomic mass is 19.1. The Kier molecular flexibility index (Phi) is 5.18. The van der Waals surface area contributed by atoms with Crippen LogP contribution in [0.4, 0.5) is 4.39 Å². The lowest BCUT2D eigenvalue weighted by atomic mass is 9.84. The van der Waals surface area contributed by atoms with Crippen molar-refractivity contribution in [1.29, 1.82) is 0 Å². The molecule has 27 heavy (non-hydrogen) atoms. The van der Waals surface area contributed by atoms with E-state index in [1.54, 1.807) is 23.2 Å². The van der Waals surface area contributed by atoms with E-state index in [1.165, 1.54) is 12.1 Å². The van der Waals surface area contributed by atoms with Crippen molar-refractivity contribution in [2.24, 2.45) is 0 Å². The summed E-state index contributed by atoms with van der Waals surface area (Å²) in [6, 6.07) is 12.0. The molecule has 1 aromatic heterocycles. The number of rotatable bonds is 5. The first kappa shape index (κ1) is 18.1. The highest BCUT2D eigenvalue weighted by Crippen LogP contribution is 2.35. The predicted octanol–water partition coefficient (Wildman–Crippen LogP) is 2.74. The fraction of sp³-hybridized carbons (Fsp3) is 0.429. The average Bonchev–Trinajstić information content (AvgIpc) is 2.65. The van der Waals surface area contributed by atoms with E-state index in [2.05, 4.69) is 4.98 Å². The number of benzene rings is 1. The SMILES string of the molecule is O=C(Cc1cccc(F)c1)N1CC2(CC(OCc3ccccn3)CCO2)C1. The second-order valence-electron chi connectivity index (χ2n) is 7.33. The van der Waals surface area contributed by atoms with E-state index in [1.807, 2.05) is 18.2 Å². The van der Waals surface area contributed by atoms with Gasteiger partial charge in [-0.3, -0.25) is 9.78 Å². The van der Waals surface area contributed by atoms with Gasteiger partial charge in [-0.25, -0.2) is 4.39 Å². The Morgan fingerprint density at radius 3 is 2.96 bits per heavy atom. The van der Waals surface area contributed by atoms with E-state index in [9.17, 15) is 9.18 Å². The van der Waals surface area contributed by atoms with Gasteiger partial charge in [-0.15, -0.1) is 0 Å². The molecule has 6 heteroatoms. The Labute approximate surface area is 158 Å². The molecule has 2 fully saturated rings. The number of halogens is 1. The number of carbonyl (C=O) groups excluding carboxylic acids is 1. The first-order chi connectivity index (χ1) is 13.1. The third-order valence-corrected chi connectivity index (χ3v) is 5.20. The topological polar surface area (TPSA) is 51.7 Å². The molecule has 1 amide bonds. The van der Waals surface area contributed by atoms with E-state index in [-0.39, 0.29) is 29.9 Å². The summed E-state index contributed by atoms with van der Waals surface area (Å²) < 4.78 is 25.3. The molecule has 2 aliphatic heterocycles. The molecule has 0 bridgehead atoms. The summed E-state index contributed by atoms with van der Waals surface area (Å²) in [6.07, 6.45) is 3.72. The van der Waals surface area contributed by atoms with Gasteiger partial charge in [-0.2, -0.15) is 0 Å². The van der Waals surface area contributed by atoms with Gasteiger partial charge in [0.1, 0.15) is 11.4 Å². The molecule has 5 nitrogen and oxygen atoms in total. The van der Waals surface area contributed by atoms with Crippen molar-refractivity contribution in [3.05, 3.63) is 65.7 Å². The summed E-state index contributed by atoms with van der Waals surface area (Å²) in [6.45, 7) is 2.28. The molecule has 2 aliphatic rings. The zero-order valence-electron chi connectivity index (χ0n) is 15.1. The molecule has 4 rings (SSSR count). The maximum Gasteiger partial charge on any atom is 0.227 e. The molecule has 0 saturated carbocycles. The lowest BCUT2D eigenvalue weighted by Gasteiger charge is -2.53. The van der Waals surface area contributed by atoms with Crippen molar-refractivity contribution in [3.63, 3.8) is 0 Å². The van der Waals surface area contributed by atoms with Gasteiger partial charge >= 0.3 is 0 Å². The van der Waals surface area contributed by atoms with Crippen LogP contribution in [0.2, 0.25) is 0 Å². The smallest absolute Gasteiger partial charge is 0.227 e. The van der Waals surface area contributed by atoms with Crippen LogP contribution in [0.3, 0.4) is 0 Å². The molecule has 142 valence electrons. The van der Waals surface area contributed by atoms with E-state index in [4.69, 9.17) is 9.47 Å². The van der Waals surface area contributed by atoms with Gasteiger partial charge in [0.2, 0.25) is 5.91 Å². The van der Waals surface area contributed by atoms with Gasteiger partial charge in [0.25, 0.3) is 0 Å². The Morgan fingerprint density at radius 1 is 1.30 bits per heavy atom. The van der Waals surface area contributed by atoms with Gasteiger partial charge < -0.3 is 14.4 Å². The third-order valence-electron chi connectivity index (χ3n) is 5.20. The molecule has 2 aromatic rings. The second-order valence-corrected chi connectivity index (χ2v) is 7.33. The highest BCUT2D eigenvalue weighted by molar-refractivity contribution is 5.80. The number of pyridine rings is 1. The van der Waals surface area contributed by atoms with Crippen LogP contribution in [-0.4, -0.2) is 47.2 Å². The van der Waals surface area contributed by atoms with Crippen molar-refractivity contribution in [3.8, 4) is 0 Å². The first-order valence-corrected chi connectivity index (χ1v) is 9.30. The van der Waals surface area contributed by atoms with Crippen LogP contribution < -0.4 is 0 Å². The molecular formula is C21H23FN2O3. The van der Waals surface area contributed by atoms with Crippen molar-refractivity contribution >= 4 is 5.91 Å². The van der Waals surface area contributed by atoms with E-state index >= 15 is 0 Å². The molecule has 1 unspecified atom stereocenters. The minimum absolute atomic E-state index is 0.00588. The highest BCUT2D eigenvalue weighted by Gasteiger charge is 2.49. The molecule has 1 atom stereocenters. The lowest BCUT2D eigenvalue weighted by Crippen LogP contribution is -2.67. The fourth-order valence-electron chi connectivity index (χ4n) is 3.79. The standard InChI is InChI=1S/C21H23FN2O3/c22-17-5-3-4-16(10-17)11-20(25)24-14-21(15-24)12-19(7-9-27-21)26-13-18-6-1-2-8-23-18/h1-6,8,10,19H,7,9,11-15H2. The summed E-state index contributed by atoms with van der Waals surface area (Å²) in [5, 5.41) is 0. The Bertz CT molecular complexity index is 793. The zero-order valence-corrected chi connectivity index (χ0v) is 15.1. The van der Waals surface area contributed by atoms with E-state index in [0.29, 0.717) is 31.9 Å². The normalized spacial score (nSPS) is 21.1. The Morgan fingerprint density at radius 2 is 2.19 bits per heavy atom. The largest absolute Gasteiger partial charge is 0.372 e. The Balaban J connectivity index is 1.27. The minimum Gasteiger partial charge on any atom is -0.372 e. The Hall–Kier alpha value is -2.31. The van der Waals surface area contributed by atoms with Crippen LogP contribution in [0, 0.1) is 5.82 Å². The van der Waals surface area contributed by atoms with Crippen molar-refractivity contribution in [2.45, 2.75) is 37.6 Å². The quantitative estimate of drug-likeness (QED) is 0.812. The average molecular weight is 370 g/mol. The monoisotopic (exact) mass is 370 g/mol. The molecule has 1 aromatic carbocycles. The summed E-state index contributed by atoms with van der Waals surface area (Å²) in [4.78, 5) is 18.5. The van der Waals surface area contributed by atoms with Crippen LogP contribution in [0.5, 0.6) is 0 Å².